The molecule has 1 heterocycles. The Labute approximate surface area is 116 Å². The van der Waals surface area contributed by atoms with E-state index in [1.54, 1.807) is 0 Å². The van der Waals surface area contributed by atoms with E-state index in [0.29, 0.717) is 6.04 Å². The van der Waals surface area contributed by atoms with Crippen molar-refractivity contribution in [1.82, 2.24) is 15.2 Å². The van der Waals surface area contributed by atoms with Gasteiger partial charge in [-0.25, -0.2) is 0 Å². The van der Waals surface area contributed by atoms with Crippen molar-refractivity contribution < 1.29 is 0 Å². The first-order valence-corrected chi connectivity index (χ1v) is 6.85. The fourth-order valence-corrected chi connectivity index (χ4v) is 1.92. The van der Waals surface area contributed by atoms with Crippen molar-refractivity contribution in [3.63, 3.8) is 0 Å². The minimum atomic E-state index is -0.0524. The highest BCUT2D eigenvalue weighted by Crippen LogP contribution is 2.01. The van der Waals surface area contributed by atoms with Crippen molar-refractivity contribution in [2.24, 2.45) is 0 Å². The van der Waals surface area contributed by atoms with E-state index in [4.69, 9.17) is 5.26 Å². The largest absolute Gasteiger partial charge is 0.306 e. The summed E-state index contributed by atoms with van der Waals surface area (Å²) < 4.78 is 0. The predicted molar refractivity (Wildman–Crippen MR) is 77.7 cm³/mol. The van der Waals surface area contributed by atoms with E-state index in [-0.39, 0.29) is 6.04 Å². The van der Waals surface area contributed by atoms with Gasteiger partial charge < -0.3 is 4.90 Å². The maximum absolute atomic E-state index is 9.06. The van der Waals surface area contributed by atoms with Crippen LogP contribution < -0.4 is 5.32 Å². The average Bonchev–Trinajstić information content (AvgIpc) is 2.42. The zero-order valence-electron chi connectivity index (χ0n) is 12.1. The molecule has 1 atom stereocenters. The second-order valence-electron chi connectivity index (χ2n) is 5.20. The van der Waals surface area contributed by atoms with E-state index in [1.165, 1.54) is 5.56 Å². The van der Waals surface area contributed by atoms with Crippen molar-refractivity contribution in [3.05, 3.63) is 30.1 Å². The van der Waals surface area contributed by atoms with E-state index in [9.17, 15) is 0 Å². The van der Waals surface area contributed by atoms with Gasteiger partial charge in [-0.05, 0) is 51.4 Å². The summed E-state index contributed by atoms with van der Waals surface area (Å²) in [6, 6.07) is 6.71. The molecule has 0 aliphatic heterocycles. The molecule has 1 aromatic heterocycles. The number of pyridine rings is 1. The van der Waals surface area contributed by atoms with E-state index in [2.05, 4.69) is 42.2 Å². The molecule has 104 valence electrons. The SMILES string of the molecule is CC(C)NC(C#N)CCN(C)CCc1ccncc1. The summed E-state index contributed by atoms with van der Waals surface area (Å²) in [6.07, 6.45) is 5.54. The van der Waals surface area contributed by atoms with E-state index >= 15 is 0 Å². The highest BCUT2D eigenvalue weighted by Gasteiger charge is 2.09. The molecule has 19 heavy (non-hydrogen) atoms. The minimum absolute atomic E-state index is 0.0524. The van der Waals surface area contributed by atoms with Crippen LogP contribution in [0, 0.1) is 11.3 Å². The molecule has 4 nitrogen and oxygen atoms in total. The molecular weight excluding hydrogens is 236 g/mol. The third-order valence-electron chi connectivity index (χ3n) is 3.02. The molecule has 1 N–H and O–H groups in total. The van der Waals surface area contributed by atoms with Crippen LogP contribution in [-0.4, -0.2) is 42.1 Å². The standard InChI is InChI=1S/C15H24N4/c1-13(2)18-15(12-16)7-11-19(3)10-6-14-4-8-17-9-5-14/h4-5,8-9,13,15,18H,6-7,10-11H2,1-3H3. The Kier molecular flexibility index (Phi) is 7.09. The normalized spacial score (nSPS) is 12.6. The second kappa shape index (κ2) is 8.63. The average molecular weight is 260 g/mol. The molecule has 0 aliphatic carbocycles. The lowest BCUT2D eigenvalue weighted by Crippen LogP contribution is -2.36. The molecule has 0 amide bonds. The van der Waals surface area contributed by atoms with Gasteiger partial charge in [0.25, 0.3) is 0 Å². The van der Waals surface area contributed by atoms with Crippen LogP contribution in [0.1, 0.15) is 25.8 Å². The molecule has 0 fully saturated rings. The van der Waals surface area contributed by atoms with Gasteiger partial charge >= 0.3 is 0 Å². The lowest BCUT2D eigenvalue weighted by atomic mass is 10.1. The highest BCUT2D eigenvalue weighted by molar-refractivity contribution is 5.09. The number of nitrogens with one attached hydrogen (secondary N) is 1. The quantitative estimate of drug-likeness (QED) is 0.775. The van der Waals surface area contributed by atoms with Crippen molar-refractivity contribution in [2.75, 3.05) is 20.1 Å². The number of rotatable bonds is 8. The molecule has 0 saturated carbocycles. The van der Waals surface area contributed by atoms with Crippen molar-refractivity contribution in [3.8, 4) is 6.07 Å². The van der Waals surface area contributed by atoms with E-state index < -0.39 is 0 Å². The number of nitriles is 1. The summed E-state index contributed by atoms with van der Waals surface area (Å²) in [5.41, 5.74) is 1.30. The summed E-state index contributed by atoms with van der Waals surface area (Å²) in [6.45, 7) is 6.07. The van der Waals surface area contributed by atoms with Crippen LogP contribution in [0.15, 0.2) is 24.5 Å². The molecule has 1 unspecified atom stereocenters. The summed E-state index contributed by atoms with van der Waals surface area (Å²) in [5.74, 6) is 0. The Balaban J connectivity index is 2.24. The van der Waals surface area contributed by atoms with Crippen molar-refractivity contribution >= 4 is 0 Å². The molecule has 4 heteroatoms. The Hall–Kier alpha value is -1.44. The number of nitrogens with zero attached hydrogens (tertiary/aromatic N) is 3. The third kappa shape index (κ3) is 6.90. The first kappa shape index (κ1) is 15.6. The lowest BCUT2D eigenvalue weighted by molar-refractivity contribution is 0.318. The van der Waals surface area contributed by atoms with Crippen LogP contribution in [0.4, 0.5) is 0 Å². The lowest BCUT2D eigenvalue weighted by Gasteiger charge is -2.20. The van der Waals surface area contributed by atoms with Crippen LogP contribution in [0.5, 0.6) is 0 Å². The summed E-state index contributed by atoms with van der Waals surface area (Å²) in [5, 5.41) is 12.3. The number of hydrogen-bond donors (Lipinski definition) is 1. The number of hydrogen-bond acceptors (Lipinski definition) is 4. The topological polar surface area (TPSA) is 52.0 Å². The van der Waals surface area contributed by atoms with Crippen molar-refractivity contribution in [2.45, 2.75) is 38.8 Å². The Morgan fingerprint density at radius 1 is 1.32 bits per heavy atom. The Morgan fingerprint density at radius 3 is 2.58 bits per heavy atom. The fraction of sp³-hybridized carbons (Fsp3) is 0.600. The predicted octanol–water partition coefficient (Wildman–Crippen LogP) is 1.84. The molecule has 1 aromatic rings. The van der Waals surface area contributed by atoms with Crippen LogP contribution in [-0.2, 0) is 6.42 Å². The number of aromatic nitrogens is 1. The van der Waals surface area contributed by atoms with Gasteiger partial charge in [-0.1, -0.05) is 0 Å². The zero-order chi connectivity index (χ0) is 14.1. The first-order valence-electron chi connectivity index (χ1n) is 6.85. The van der Waals surface area contributed by atoms with Crippen LogP contribution >= 0.6 is 0 Å². The molecule has 1 rings (SSSR count). The summed E-state index contributed by atoms with van der Waals surface area (Å²) in [7, 11) is 2.10. The molecule has 0 spiro atoms. The molecule has 0 radical (unpaired) electrons. The van der Waals surface area contributed by atoms with Crippen LogP contribution in [0.3, 0.4) is 0 Å². The monoisotopic (exact) mass is 260 g/mol. The maximum atomic E-state index is 9.06. The van der Waals surface area contributed by atoms with Gasteiger partial charge in [0, 0.05) is 31.5 Å². The summed E-state index contributed by atoms with van der Waals surface area (Å²) >= 11 is 0. The van der Waals surface area contributed by atoms with E-state index in [1.807, 2.05) is 24.5 Å². The zero-order valence-corrected chi connectivity index (χ0v) is 12.1. The minimum Gasteiger partial charge on any atom is -0.306 e. The van der Waals surface area contributed by atoms with Gasteiger partial charge in [0.2, 0.25) is 0 Å². The van der Waals surface area contributed by atoms with Gasteiger partial charge in [-0.3, -0.25) is 10.3 Å². The molecule has 0 aliphatic rings. The summed E-state index contributed by atoms with van der Waals surface area (Å²) in [4.78, 5) is 6.28. The van der Waals surface area contributed by atoms with Gasteiger partial charge in [0.15, 0.2) is 0 Å². The maximum Gasteiger partial charge on any atom is 0.0967 e. The highest BCUT2D eigenvalue weighted by atomic mass is 15.1. The Bertz CT molecular complexity index is 383. The van der Waals surface area contributed by atoms with Crippen molar-refractivity contribution in [1.29, 1.82) is 5.26 Å². The van der Waals surface area contributed by atoms with E-state index in [0.717, 1.165) is 25.9 Å². The van der Waals surface area contributed by atoms with Crippen LogP contribution in [0.25, 0.3) is 0 Å². The Morgan fingerprint density at radius 2 is 2.00 bits per heavy atom. The van der Waals surface area contributed by atoms with Gasteiger partial charge in [-0.15, -0.1) is 0 Å². The van der Waals surface area contributed by atoms with Gasteiger partial charge in [-0.2, -0.15) is 5.26 Å². The molecular formula is C15H24N4. The van der Waals surface area contributed by atoms with Gasteiger partial charge in [0.1, 0.15) is 0 Å². The van der Waals surface area contributed by atoms with Gasteiger partial charge in [0.05, 0.1) is 12.1 Å². The second-order valence-corrected chi connectivity index (χ2v) is 5.20. The molecule has 0 saturated heterocycles. The fourth-order valence-electron chi connectivity index (χ4n) is 1.92. The molecule has 0 bridgehead atoms. The third-order valence-corrected chi connectivity index (χ3v) is 3.02. The number of likely N-dealkylation sites (N-methyl/N-ethyl adjacent to an activating group) is 1. The van der Waals surface area contributed by atoms with Crippen LogP contribution in [0.2, 0.25) is 0 Å². The molecule has 0 aromatic carbocycles. The smallest absolute Gasteiger partial charge is 0.0967 e. The first-order chi connectivity index (χ1) is 9.11.